The third-order valence-electron chi connectivity index (χ3n) is 1.88. The van der Waals surface area contributed by atoms with Gasteiger partial charge >= 0.3 is 5.97 Å². The Kier molecular flexibility index (Phi) is 4.60. The fourth-order valence-corrected chi connectivity index (χ4v) is 1.13. The average molecular weight is 223 g/mol. The fraction of sp³-hybridized carbons (Fsp3) is 0.364. The van der Waals surface area contributed by atoms with Crippen molar-refractivity contribution in [1.29, 1.82) is 0 Å². The molecule has 5 nitrogen and oxygen atoms in total. The molecule has 1 unspecified atom stereocenters. The summed E-state index contributed by atoms with van der Waals surface area (Å²) in [6.07, 6.45) is 1.93. The standard InChI is InChI=1S/C11H13NO4/c1-8(13)16-7-10(14)5-11(15)9-3-2-4-12-6-9/h2-4,6,10,14H,5,7H2,1H3. The van der Waals surface area contributed by atoms with Gasteiger partial charge in [0.15, 0.2) is 5.78 Å². The van der Waals surface area contributed by atoms with Crippen molar-refractivity contribution in [3.8, 4) is 0 Å². The van der Waals surface area contributed by atoms with Crippen LogP contribution in [0.25, 0.3) is 0 Å². The van der Waals surface area contributed by atoms with E-state index < -0.39 is 12.1 Å². The molecule has 0 saturated carbocycles. The van der Waals surface area contributed by atoms with E-state index in [0.29, 0.717) is 5.56 Å². The van der Waals surface area contributed by atoms with Crippen LogP contribution < -0.4 is 0 Å². The Morgan fingerprint density at radius 3 is 2.88 bits per heavy atom. The second-order valence-electron chi connectivity index (χ2n) is 3.33. The number of aromatic nitrogens is 1. The molecule has 0 saturated heterocycles. The van der Waals surface area contributed by atoms with E-state index in [-0.39, 0.29) is 18.8 Å². The molecular weight excluding hydrogens is 210 g/mol. The van der Waals surface area contributed by atoms with E-state index in [2.05, 4.69) is 9.72 Å². The normalized spacial score (nSPS) is 11.9. The maximum absolute atomic E-state index is 11.6. The molecule has 0 bridgehead atoms. The highest BCUT2D eigenvalue weighted by molar-refractivity contribution is 5.96. The molecule has 0 spiro atoms. The lowest BCUT2D eigenvalue weighted by atomic mass is 10.1. The zero-order valence-electron chi connectivity index (χ0n) is 8.92. The summed E-state index contributed by atoms with van der Waals surface area (Å²) in [4.78, 5) is 25.8. The first-order valence-corrected chi connectivity index (χ1v) is 4.84. The van der Waals surface area contributed by atoms with E-state index in [0.717, 1.165) is 0 Å². The van der Waals surface area contributed by atoms with Crippen LogP contribution in [0.5, 0.6) is 0 Å². The van der Waals surface area contributed by atoms with Gasteiger partial charge in [0.25, 0.3) is 0 Å². The quantitative estimate of drug-likeness (QED) is 0.583. The van der Waals surface area contributed by atoms with E-state index in [4.69, 9.17) is 0 Å². The van der Waals surface area contributed by atoms with Crippen molar-refractivity contribution in [2.45, 2.75) is 19.4 Å². The van der Waals surface area contributed by atoms with Crippen LogP contribution in [-0.4, -0.2) is 34.6 Å². The second-order valence-corrected chi connectivity index (χ2v) is 3.33. The summed E-state index contributed by atoms with van der Waals surface area (Å²) in [7, 11) is 0. The van der Waals surface area contributed by atoms with E-state index in [1.165, 1.54) is 13.1 Å². The molecular formula is C11H13NO4. The van der Waals surface area contributed by atoms with Gasteiger partial charge in [0.1, 0.15) is 6.61 Å². The SMILES string of the molecule is CC(=O)OCC(O)CC(=O)c1cccnc1. The minimum Gasteiger partial charge on any atom is -0.463 e. The lowest BCUT2D eigenvalue weighted by molar-refractivity contribution is -0.143. The predicted octanol–water partition coefficient (Wildman–Crippen LogP) is 0.578. The van der Waals surface area contributed by atoms with Crippen LogP contribution in [0.4, 0.5) is 0 Å². The van der Waals surface area contributed by atoms with Crippen molar-refractivity contribution in [3.05, 3.63) is 30.1 Å². The van der Waals surface area contributed by atoms with Gasteiger partial charge in [-0.15, -0.1) is 0 Å². The molecule has 0 aliphatic carbocycles. The predicted molar refractivity (Wildman–Crippen MR) is 55.8 cm³/mol. The molecule has 0 aliphatic rings. The van der Waals surface area contributed by atoms with Gasteiger partial charge in [0.2, 0.25) is 0 Å². The highest BCUT2D eigenvalue weighted by Gasteiger charge is 2.13. The summed E-state index contributed by atoms with van der Waals surface area (Å²) >= 11 is 0. The van der Waals surface area contributed by atoms with Crippen LogP contribution in [0.3, 0.4) is 0 Å². The van der Waals surface area contributed by atoms with Gasteiger partial charge in [-0.05, 0) is 12.1 Å². The van der Waals surface area contributed by atoms with Crippen molar-refractivity contribution in [3.63, 3.8) is 0 Å². The van der Waals surface area contributed by atoms with Gasteiger partial charge in [-0.3, -0.25) is 14.6 Å². The van der Waals surface area contributed by atoms with E-state index in [1.54, 1.807) is 18.3 Å². The minimum absolute atomic E-state index is 0.0844. The average Bonchev–Trinajstić information content (AvgIpc) is 2.27. The first-order valence-electron chi connectivity index (χ1n) is 4.84. The molecule has 1 rings (SSSR count). The Morgan fingerprint density at radius 1 is 1.56 bits per heavy atom. The maximum atomic E-state index is 11.6. The second kappa shape index (κ2) is 5.97. The Balaban J connectivity index is 2.43. The lowest BCUT2D eigenvalue weighted by Gasteiger charge is -2.09. The van der Waals surface area contributed by atoms with Crippen LogP contribution in [0.15, 0.2) is 24.5 Å². The van der Waals surface area contributed by atoms with Crippen molar-refractivity contribution < 1.29 is 19.4 Å². The molecule has 5 heteroatoms. The summed E-state index contributed by atoms with van der Waals surface area (Å²) in [5, 5.41) is 9.41. The van der Waals surface area contributed by atoms with Gasteiger partial charge < -0.3 is 9.84 Å². The number of hydrogen-bond donors (Lipinski definition) is 1. The molecule has 0 aliphatic heterocycles. The molecule has 1 heterocycles. The number of ketones is 1. The van der Waals surface area contributed by atoms with Crippen molar-refractivity contribution in [1.82, 2.24) is 4.98 Å². The Bertz CT molecular complexity index is 364. The van der Waals surface area contributed by atoms with Crippen molar-refractivity contribution >= 4 is 11.8 Å². The highest BCUT2D eigenvalue weighted by Crippen LogP contribution is 2.04. The molecule has 0 radical (unpaired) electrons. The van der Waals surface area contributed by atoms with E-state index >= 15 is 0 Å². The number of pyridine rings is 1. The molecule has 0 fully saturated rings. The van der Waals surface area contributed by atoms with E-state index in [9.17, 15) is 14.7 Å². The van der Waals surface area contributed by atoms with Gasteiger partial charge in [-0.25, -0.2) is 0 Å². The number of Topliss-reactive ketones (excluding diaryl/α,β-unsaturated/α-hetero) is 1. The molecule has 1 atom stereocenters. The monoisotopic (exact) mass is 223 g/mol. The summed E-state index contributed by atoms with van der Waals surface area (Å²) < 4.78 is 4.58. The van der Waals surface area contributed by atoms with Gasteiger partial charge in [-0.2, -0.15) is 0 Å². The molecule has 1 aromatic rings. The smallest absolute Gasteiger partial charge is 0.302 e. The van der Waals surface area contributed by atoms with Crippen LogP contribution in [-0.2, 0) is 9.53 Å². The summed E-state index contributed by atoms with van der Waals surface area (Å²) in [6, 6.07) is 3.26. The Morgan fingerprint density at radius 2 is 2.31 bits per heavy atom. The number of ether oxygens (including phenoxy) is 1. The van der Waals surface area contributed by atoms with Crippen molar-refractivity contribution in [2.24, 2.45) is 0 Å². The molecule has 0 aromatic carbocycles. The number of esters is 1. The number of aliphatic hydroxyl groups excluding tert-OH is 1. The number of hydrogen-bond acceptors (Lipinski definition) is 5. The van der Waals surface area contributed by atoms with Gasteiger partial charge in [-0.1, -0.05) is 0 Å². The number of carbonyl (C=O) groups excluding carboxylic acids is 2. The lowest BCUT2D eigenvalue weighted by Crippen LogP contribution is -2.21. The molecule has 0 amide bonds. The third kappa shape index (κ3) is 4.18. The molecule has 1 aromatic heterocycles. The van der Waals surface area contributed by atoms with Gasteiger partial charge in [0, 0.05) is 31.3 Å². The van der Waals surface area contributed by atoms with Crippen LogP contribution in [0.2, 0.25) is 0 Å². The minimum atomic E-state index is -0.975. The van der Waals surface area contributed by atoms with E-state index in [1.807, 2.05) is 0 Å². The third-order valence-corrected chi connectivity index (χ3v) is 1.88. The van der Waals surface area contributed by atoms with Crippen molar-refractivity contribution in [2.75, 3.05) is 6.61 Å². The highest BCUT2D eigenvalue weighted by atomic mass is 16.5. The van der Waals surface area contributed by atoms with Gasteiger partial charge in [0.05, 0.1) is 6.10 Å². The zero-order chi connectivity index (χ0) is 12.0. The number of aliphatic hydroxyl groups is 1. The summed E-state index contributed by atoms with van der Waals surface area (Å²) in [6.45, 7) is 1.08. The Labute approximate surface area is 93.1 Å². The number of carbonyl (C=O) groups is 2. The number of rotatable bonds is 5. The van der Waals surface area contributed by atoms with Crippen LogP contribution in [0.1, 0.15) is 23.7 Å². The molecule has 86 valence electrons. The fourth-order valence-electron chi connectivity index (χ4n) is 1.13. The largest absolute Gasteiger partial charge is 0.463 e. The molecule has 1 N–H and O–H groups in total. The molecule has 16 heavy (non-hydrogen) atoms. The first-order chi connectivity index (χ1) is 7.59. The topological polar surface area (TPSA) is 76.5 Å². The zero-order valence-corrected chi connectivity index (χ0v) is 8.92. The van der Waals surface area contributed by atoms with Crippen LogP contribution in [0, 0.1) is 0 Å². The first kappa shape index (κ1) is 12.3. The summed E-state index contributed by atoms with van der Waals surface area (Å²) in [5.74, 6) is -0.708. The number of nitrogens with zero attached hydrogens (tertiary/aromatic N) is 1. The maximum Gasteiger partial charge on any atom is 0.302 e. The Hall–Kier alpha value is -1.75. The summed E-state index contributed by atoms with van der Waals surface area (Å²) in [5.41, 5.74) is 0.435. The van der Waals surface area contributed by atoms with Crippen LogP contribution >= 0.6 is 0 Å².